The second kappa shape index (κ2) is 13.4. The van der Waals surface area contributed by atoms with Crippen LogP contribution in [0.3, 0.4) is 0 Å². The lowest BCUT2D eigenvalue weighted by Gasteiger charge is -2.14. The summed E-state index contributed by atoms with van der Waals surface area (Å²) in [7, 11) is 0. The number of rotatable bonds is 13. The van der Waals surface area contributed by atoms with Gasteiger partial charge < -0.3 is 24.3 Å². The van der Waals surface area contributed by atoms with Gasteiger partial charge in [0.1, 0.15) is 13.2 Å². The predicted octanol–water partition coefficient (Wildman–Crippen LogP) is 4.81. The van der Waals surface area contributed by atoms with E-state index >= 15 is 0 Å². The molecule has 3 aromatic rings. The van der Waals surface area contributed by atoms with Crippen LogP contribution < -0.4 is 5.32 Å². The van der Waals surface area contributed by atoms with Gasteiger partial charge >= 0.3 is 12.1 Å². The summed E-state index contributed by atoms with van der Waals surface area (Å²) in [6.45, 7) is 2.60. The molecule has 0 saturated heterocycles. The lowest BCUT2D eigenvalue weighted by Crippen LogP contribution is -2.27. The van der Waals surface area contributed by atoms with Crippen molar-refractivity contribution in [3.05, 3.63) is 95.6 Å². The fraction of sp³-hybridized carbons (Fsp3) is 0.310. The molecule has 0 fully saturated rings. The molecule has 0 spiro atoms. The van der Waals surface area contributed by atoms with Crippen molar-refractivity contribution in [2.45, 2.75) is 12.3 Å². The Morgan fingerprint density at radius 2 is 1.25 bits per heavy atom. The van der Waals surface area contributed by atoms with Crippen LogP contribution in [-0.4, -0.2) is 58.2 Å². The fourth-order valence-corrected chi connectivity index (χ4v) is 4.19. The van der Waals surface area contributed by atoms with Crippen molar-refractivity contribution in [2.75, 3.05) is 46.2 Å². The number of alkyl carbamates (subject to hydrolysis) is 1. The molecule has 7 heteroatoms. The smallest absolute Gasteiger partial charge is 0.407 e. The molecular formula is C29H31NO6. The third-order valence-electron chi connectivity index (χ3n) is 5.92. The van der Waals surface area contributed by atoms with E-state index in [1.54, 1.807) is 24.3 Å². The van der Waals surface area contributed by atoms with Gasteiger partial charge in [-0.3, -0.25) is 0 Å². The molecule has 7 nitrogen and oxygen atoms in total. The zero-order valence-electron chi connectivity index (χ0n) is 20.2. The van der Waals surface area contributed by atoms with Gasteiger partial charge in [0.2, 0.25) is 0 Å². The van der Waals surface area contributed by atoms with Crippen LogP contribution in [0.15, 0.2) is 78.9 Å². The molecule has 4 rings (SSSR count). The quantitative estimate of drug-likeness (QED) is 0.274. The van der Waals surface area contributed by atoms with Gasteiger partial charge in [-0.1, -0.05) is 66.7 Å². The fourth-order valence-electron chi connectivity index (χ4n) is 4.19. The number of esters is 1. The number of hydrogen-bond donors (Lipinski definition) is 1. The average Bonchev–Trinajstić information content (AvgIpc) is 3.24. The molecule has 188 valence electrons. The molecule has 1 amide bonds. The van der Waals surface area contributed by atoms with Gasteiger partial charge in [-0.05, 0) is 40.8 Å². The van der Waals surface area contributed by atoms with Gasteiger partial charge in [0.25, 0.3) is 0 Å². The molecule has 0 atom stereocenters. The number of amides is 1. The summed E-state index contributed by atoms with van der Waals surface area (Å²) in [4.78, 5) is 24.0. The summed E-state index contributed by atoms with van der Waals surface area (Å²) in [5.74, 6) is -0.312. The monoisotopic (exact) mass is 489 g/mol. The molecule has 0 unspecified atom stereocenters. The molecule has 3 aromatic carbocycles. The van der Waals surface area contributed by atoms with E-state index in [-0.39, 0.29) is 18.5 Å². The topological polar surface area (TPSA) is 83.1 Å². The van der Waals surface area contributed by atoms with Crippen LogP contribution in [0.5, 0.6) is 0 Å². The maximum absolute atomic E-state index is 12.2. The van der Waals surface area contributed by atoms with Crippen molar-refractivity contribution in [3.8, 4) is 11.1 Å². The average molecular weight is 490 g/mol. The van der Waals surface area contributed by atoms with Crippen LogP contribution >= 0.6 is 0 Å². The summed E-state index contributed by atoms with van der Waals surface area (Å²) >= 11 is 0. The Hall–Kier alpha value is -3.68. The predicted molar refractivity (Wildman–Crippen MR) is 136 cm³/mol. The van der Waals surface area contributed by atoms with E-state index in [1.165, 1.54) is 22.3 Å². The molecule has 0 heterocycles. The summed E-state index contributed by atoms with van der Waals surface area (Å²) in [5.41, 5.74) is 5.31. The molecule has 36 heavy (non-hydrogen) atoms. The normalized spacial score (nSPS) is 12.0. The summed E-state index contributed by atoms with van der Waals surface area (Å²) in [6.07, 6.45) is 0.240. The lowest BCUT2D eigenvalue weighted by atomic mass is 9.98. The highest BCUT2D eigenvalue weighted by molar-refractivity contribution is 5.89. The standard InChI is InChI=1S/C29H31NO6/c31-28(22-9-2-1-3-10-22)35-20-19-34-18-17-33-16-8-15-30-29(32)36-21-27-25-13-6-4-11-23(25)24-12-5-7-14-26(24)27/h1-7,9-14,27H,8,15-21H2,(H,30,32). The van der Waals surface area contributed by atoms with Crippen LogP contribution in [0, 0.1) is 0 Å². The minimum absolute atomic E-state index is 0.0494. The van der Waals surface area contributed by atoms with Crippen molar-refractivity contribution < 1.29 is 28.5 Å². The Balaban J connectivity index is 1.02. The number of nitrogens with one attached hydrogen (secondary N) is 1. The highest BCUT2D eigenvalue weighted by Crippen LogP contribution is 2.44. The molecule has 1 aliphatic carbocycles. The summed E-state index contributed by atoms with van der Waals surface area (Å²) in [6, 6.07) is 25.4. The maximum atomic E-state index is 12.2. The van der Waals surface area contributed by atoms with Crippen molar-refractivity contribution in [1.29, 1.82) is 0 Å². The minimum Gasteiger partial charge on any atom is -0.460 e. The molecule has 0 aliphatic heterocycles. The van der Waals surface area contributed by atoms with Gasteiger partial charge in [-0.15, -0.1) is 0 Å². The lowest BCUT2D eigenvalue weighted by molar-refractivity contribution is 0.0144. The van der Waals surface area contributed by atoms with Crippen molar-refractivity contribution in [2.24, 2.45) is 0 Å². The van der Waals surface area contributed by atoms with Gasteiger partial charge in [-0.2, -0.15) is 0 Å². The van der Waals surface area contributed by atoms with Crippen LogP contribution in [0.2, 0.25) is 0 Å². The Bertz CT molecular complexity index is 1090. The van der Waals surface area contributed by atoms with Crippen LogP contribution in [0.4, 0.5) is 4.79 Å². The van der Waals surface area contributed by atoms with E-state index in [2.05, 4.69) is 29.6 Å². The first-order valence-electron chi connectivity index (χ1n) is 12.2. The minimum atomic E-state index is -0.426. The second-order valence-corrected chi connectivity index (χ2v) is 8.33. The Morgan fingerprint density at radius 1 is 0.667 bits per heavy atom. The van der Waals surface area contributed by atoms with Crippen molar-refractivity contribution in [3.63, 3.8) is 0 Å². The molecule has 0 aromatic heterocycles. The zero-order chi connectivity index (χ0) is 25.0. The zero-order valence-corrected chi connectivity index (χ0v) is 20.2. The first-order valence-corrected chi connectivity index (χ1v) is 12.2. The van der Waals surface area contributed by atoms with E-state index < -0.39 is 6.09 Å². The SMILES string of the molecule is O=C(NCCCOCCOCCOC(=O)c1ccccc1)OCC1c2ccccc2-c2ccccc21. The van der Waals surface area contributed by atoms with Gasteiger partial charge in [-0.25, -0.2) is 9.59 Å². The first-order chi connectivity index (χ1) is 17.7. The molecule has 1 aliphatic rings. The van der Waals surface area contributed by atoms with Gasteiger partial charge in [0, 0.05) is 19.1 Å². The molecule has 0 radical (unpaired) electrons. The van der Waals surface area contributed by atoms with E-state index in [1.807, 2.05) is 30.3 Å². The molecule has 1 N–H and O–H groups in total. The first kappa shape index (κ1) is 25.4. The highest BCUT2D eigenvalue weighted by atomic mass is 16.6. The van der Waals surface area contributed by atoms with Crippen LogP contribution in [-0.2, 0) is 18.9 Å². The summed E-state index contributed by atoms with van der Waals surface area (Å²) < 4.78 is 21.6. The molecule has 0 bridgehead atoms. The number of carbonyl (C=O) groups excluding carboxylic acids is 2. The highest BCUT2D eigenvalue weighted by Gasteiger charge is 2.28. The van der Waals surface area contributed by atoms with Crippen molar-refractivity contribution in [1.82, 2.24) is 5.32 Å². The Labute approximate surface area is 211 Å². The number of benzene rings is 3. The Kier molecular flexibility index (Phi) is 9.47. The van der Waals surface area contributed by atoms with Gasteiger partial charge in [0.15, 0.2) is 0 Å². The van der Waals surface area contributed by atoms with Gasteiger partial charge in [0.05, 0.1) is 25.4 Å². The Morgan fingerprint density at radius 3 is 1.94 bits per heavy atom. The van der Waals surface area contributed by atoms with E-state index in [4.69, 9.17) is 18.9 Å². The molecular weight excluding hydrogens is 458 g/mol. The molecule has 0 saturated carbocycles. The number of fused-ring (bicyclic) bond motifs is 3. The van der Waals surface area contributed by atoms with E-state index in [9.17, 15) is 9.59 Å². The van der Waals surface area contributed by atoms with Crippen LogP contribution in [0.1, 0.15) is 33.8 Å². The summed E-state index contributed by atoms with van der Waals surface area (Å²) in [5, 5.41) is 2.78. The third-order valence-corrected chi connectivity index (χ3v) is 5.92. The number of hydrogen-bond acceptors (Lipinski definition) is 6. The third kappa shape index (κ3) is 6.93. The van der Waals surface area contributed by atoms with E-state index in [0.717, 1.165) is 0 Å². The van der Waals surface area contributed by atoms with Crippen molar-refractivity contribution >= 4 is 12.1 Å². The number of carbonyl (C=O) groups is 2. The maximum Gasteiger partial charge on any atom is 0.407 e. The second-order valence-electron chi connectivity index (χ2n) is 8.33. The number of ether oxygens (including phenoxy) is 4. The van der Waals surface area contributed by atoms with E-state index in [0.29, 0.717) is 51.6 Å². The van der Waals surface area contributed by atoms with Crippen LogP contribution in [0.25, 0.3) is 11.1 Å². The largest absolute Gasteiger partial charge is 0.460 e.